The molecule has 5 aromatic rings. The first kappa shape index (κ1) is 28.9. The second-order valence-electron chi connectivity index (χ2n) is 11.9. The van der Waals surface area contributed by atoms with Crippen molar-refractivity contribution in [1.82, 2.24) is 38.7 Å². The number of carbonyl (C=O) groups is 1. The lowest BCUT2D eigenvalue weighted by atomic mass is 10.1. The quantitative estimate of drug-likeness (QED) is 0.275. The topological polar surface area (TPSA) is 97.8 Å². The van der Waals surface area contributed by atoms with Gasteiger partial charge in [0.1, 0.15) is 23.7 Å². The lowest BCUT2D eigenvalue weighted by Gasteiger charge is -2.37. The van der Waals surface area contributed by atoms with Gasteiger partial charge in [0.15, 0.2) is 0 Å². The van der Waals surface area contributed by atoms with Crippen LogP contribution in [0.5, 0.6) is 5.75 Å². The molecule has 0 bridgehead atoms. The Bertz CT molecular complexity index is 1770. The van der Waals surface area contributed by atoms with E-state index in [1.807, 2.05) is 52.8 Å². The number of aromatic nitrogens is 6. The number of benzene rings is 1. The van der Waals surface area contributed by atoms with E-state index in [0.717, 1.165) is 59.9 Å². The molecular formula is C32H41N9O2. The molecule has 1 fully saturated rings. The van der Waals surface area contributed by atoms with Crippen LogP contribution < -0.4 is 10.1 Å². The van der Waals surface area contributed by atoms with Gasteiger partial charge in [-0.05, 0) is 65.9 Å². The molecule has 11 heteroatoms. The van der Waals surface area contributed by atoms with Gasteiger partial charge in [0.25, 0.3) is 5.91 Å². The van der Waals surface area contributed by atoms with Crippen molar-refractivity contribution in [2.24, 2.45) is 0 Å². The van der Waals surface area contributed by atoms with Crippen LogP contribution >= 0.6 is 0 Å². The van der Waals surface area contributed by atoms with Crippen LogP contribution in [0.4, 0.5) is 5.69 Å². The normalized spacial score (nSPS) is 16.5. The lowest BCUT2D eigenvalue weighted by Crippen LogP contribution is -2.50. The number of hydrogen-bond donors (Lipinski definition) is 1. The van der Waals surface area contributed by atoms with Gasteiger partial charge in [0.2, 0.25) is 0 Å². The van der Waals surface area contributed by atoms with Crippen LogP contribution in [0.25, 0.3) is 16.6 Å². The number of nitrogens with one attached hydrogen (secondary N) is 1. The molecule has 1 aliphatic heterocycles. The molecule has 1 atom stereocenters. The smallest absolute Gasteiger partial charge is 0.274 e. The van der Waals surface area contributed by atoms with Gasteiger partial charge in [-0.25, -0.2) is 4.98 Å². The predicted octanol–water partition coefficient (Wildman–Crippen LogP) is 4.39. The van der Waals surface area contributed by atoms with Crippen molar-refractivity contribution in [3.63, 3.8) is 0 Å². The van der Waals surface area contributed by atoms with Crippen LogP contribution in [0.2, 0.25) is 0 Å². The predicted molar refractivity (Wildman–Crippen MR) is 168 cm³/mol. The fourth-order valence-corrected chi connectivity index (χ4v) is 5.98. The average Bonchev–Trinajstić information content (AvgIpc) is 3.66. The summed E-state index contributed by atoms with van der Waals surface area (Å²) in [5, 5.41) is 13.6. The Hall–Kier alpha value is -4.22. The van der Waals surface area contributed by atoms with Crippen LogP contribution in [0, 0.1) is 13.8 Å². The molecule has 1 N–H and O–H groups in total. The van der Waals surface area contributed by atoms with E-state index in [4.69, 9.17) is 14.9 Å². The first-order valence-electron chi connectivity index (χ1n) is 15.0. The van der Waals surface area contributed by atoms with Crippen LogP contribution in [-0.4, -0.2) is 90.5 Å². The summed E-state index contributed by atoms with van der Waals surface area (Å²) in [5.41, 5.74) is 5.68. The number of ether oxygens (including phenoxy) is 1. The monoisotopic (exact) mass is 583 g/mol. The lowest BCUT2D eigenvalue weighted by molar-refractivity contribution is 0.0928. The van der Waals surface area contributed by atoms with Gasteiger partial charge >= 0.3 is 0 Å². The highest BCUT2D eigenvalue weighted by Crippen LogP contribution is 2.28. The first-order chi connectivity index (χ1) is 20.7. The molecule has 1 aliphatic rings. The number of pyridine rings is 1. The first-order valence-corrected chi connectivity index (χ1v) is 15.0. The Morgan fingerprint density at radius 2 is 1.98 bits per heavy atom. The van der Waals surface area contributed by atoms with Crippen molar-refractivity contribution in [1.29, 1.82) is 0 Å². The number of imidazole rings is 1. The third kappa shape index (κ3) is 5.87. The fraction of sp³-hybridized carbons (Fsp3) is 0.438. The maximum absolute atomic E-state index is 13.5. The third-order valence-corrected chi connectivity index (χ3v) is 8.41. The minimum Gasteiger partial charge on any atom is -0.492 e. The summed E-state index contributed by atoms with van der Waals surface area (Å²) < 4.78 is 11.8. The van der Waals surface area contributed by atoms with Crippen LogP contribution in [0.1, 0.15) is 54.4 Å². The van der Waals surface area contributed by atoms with Crippen LogP contribution in [-0.2, 0) is 6.54 Å². The molecule has 226 valence electrons. The Kier molecular flexibility index (Phi) is 7.93. The molecule has 11 nitrogen and oxygen atoms in total. The summed E-state index contributed by atoms with van der Waals surface area (Å²) in [4.78, 5) is 22.8. The molecule has 0 spiro atoms. The largest absolute Gasteiger partial charge is 0.492 e. The zero-order valence-corrected chi connectivity index (χ0v) is 25.9. The maximum Gasteiger partial charge on any atom is 0.274 e. The Labute approximate surface area is 252 Å². The summed E-state index contributed by atoms with van der Waals surface area (Å²) in [5.74, 6) is 0.504. The Morgan fingerprint density at radius 3 is 2.74 bits per heavy atom. The van der Waals surface area contributed by atoms with Gasteiger partial charge in [-0.2, -0.15) is 10.2 Å². The Morgan fingerprint density at radius 1 is 1.14 bits per heavy atom. The number of aryl methyl sites for hydroxylation is 2. The molecule has 0 radical (unpaired) electrons. The van der Waals surface area contributed by atoms with Gasteiger partial charge in [-0.3, -0.25) is 23.5 Å². The number of anilines is 1. The van der Waals surface area contributed by atoms with E-state index in [2.05, 4.69) is 60.9 Å². The zero-order chi connectivity index (χ0) is 30.2. The molecule has 0 unspecified atom stereocenters. The van der Waals surface area contributed by atoms with Gasteiger partial charge in [-0.15, -0.1) is 0 Å². The summed E-state index contributed by atoms with van der Waals surface area (Å²) >= 11 is 0. The minimum atomic E-state index is -0.240. The Balaban J connectivity index is 1.15. The second-order valence-corrected chi connectivity index (χ2v) is 11.9. The van der Waals surface area contributed by atoms with Crippen molar-refractivity contribution < 1.29 is 9.53 Å². The third-order valence-electron chi connectivity index (χ3n) is 8.41. The number of nitrogens with zero attached hydrogens (tertiary/aromatic N) is 8. The summed E-state index contributed by atoms with van der Waals surface area (Å²) in [7, 11) is 2.18. The van der Waals surface area contributed by atoms with Gasteiger partial charge in [-0.1, -0.05) is 6.07 Å². The molecule has 6 rings (SSSR count). The van der Waals surface area contributed by atoms with E-state index < -0.39 is 0 Å². The summed E-state index contributed by atoms with van der Waals surface area (Å²) in [6.07, 6.45) is 3.44. The van der Waals surface area contributed by atoms with E-state index in [0.29, 0.717) is 42.3 Å². The fourth-order valence-electron chi connectivity index (χ4n) is 5.98. The van der Waals surface area contributed by atoms with Gasteiger partial charge in [0.05, 0.1) is 35.3 Å². The summed E-state index contributed by atoms with van der Waals surface area (Å²) in [6, 6.07) is 12.6. The molecule has 5 heterocycles. The molecule has 1 saturated heterocycles. The van der Waals surface area contributed by atoms with Crippen molar-refractivity contribution in [3.05, 3.63) is 71.6 Å². The van der Waals surface area contributed by atoms with Crippen molar-refractivity contribution >= 4 is 28.1 Å². The zero-order valence-electron chi connectivity index (χ0n) is 25.9. The van der Waals surface area contributed by atoms with Crippen LogP contribution in [0.15, 0.2) is 48.8 Å². The molecule has 43 heavy (non-hydrogen) atoms. The second kappa shape index (κ2) is 11.8. The van der Waals surface area contributed by atoms with E-state index in [-0.39, 0.29) is 5.91 Å². The average molecular weight is 584 g/mol. The highest BCUT2D eigenvalue weighted by Gasteiger charge is 2.21. The minimum absolute atomic E-state index is 0.240. The van der Waals surface area contributed by atoms with Gasteiger partial charge < -0.3 is 15.0 Å². The van der Waals surface area contributed by atoms with Crippen molar-refractivity contribution in [2.75, 3.05) is 45.2 Å². The molecule has 0 aliphatic carbocycles. The van der Waals surface area contributed by atoms with Gasteiger partial charge in [0, 0.05) is 61.6 Å². The van der Waals surface area contributed by atoms with Crippen LogP contribution in [0.3, 0.4) is 0 Å². The number of rotatable bonds is 9. The van der Waals surface area contributed by atoms with E-state index in [1.165, 1.54) is 0 Å². The maximum atomic E-state index is 13.5. The number of hydrogen-bond acceptors (Lipinski definition) is 7. The highest BCUT2D eigenvalue weighted by atomic mass is 16.5. The SMILES string of the molecule is Cc1nn(Cc2cc(C)n(C(C)C)n2)c2cccc(NC(=O)c3cnc4cc(OCCN5CCN(C)[C@@H](C)C5)ccn34)c12. The number of likely N-dealkylation sites (N-methyl/N-ethyl adjacent to an activating group) is 1. The highest BCUT2D eigenvalue weighted by molar-refractivity contribution is 6.08. The molecule has 1 amide bonds. The molecular weight excluding hydrogens is 542 g/mol. The van der Waals surface area contributed by atoms with Crippen molar-refractivity contribution in [3.8, 4) is 5.75 Å². The number of amides is 1. The van der Waals surface area contributed by atoms with E-state index >= 15 is 0 Å². The number of carbonyl (C=O) groups excluding carboxylic acids is 1. The molecule has 4 aromatic heterocycles. The summed E-state index contributed by atoms with van der Waals surface area (Å²) in [6.45, 7) is 15.8. The van der Waals surface area contributed by atoms with E-state index in [9.17, 15) is 4.79 Å². The standard InChI is InChI=1S/C32H41N9O2/c1-21(2)41-22(3)16-25(36-41)20-40-28-9-7-8-27(31(28)24(5)35-40)34-32(42)29-18-33-30-17-26(10-11-39(29)30)43-15-14-38-13-12-37(6)23(4)19-38/h7-11,16-18,21,23H,12-15,19-20H2,1-6H3,(H,34,42)/t23-/m0/s1. The van der Waals surface area contributed by atoms with Crippen molar-refractivity contribution in [2.45, 2.75) is 53.2 Å². The number of fused-ring (bicyclic) bond motifs is 2. The number of piperazine rings is 1. The van der Waals surface area contributed by atoms with E-state index in [1.54, 1.807) is 10.6 Å². The molecule has 0 saturated carbocycles. The molecule has 1 aromatic carbocycles.